The maximum absolute atomic E-state index is 4.66. The summed E-state index contributed by atoms with van der Waals surface area (Å²) in [6.07, 6.45) is 5.05. The van der Waals surface area contributed by atoms with Gasteiger partial charge < -0.3 is 10.2 Å². The second kappa shape index (κ2) is 6.73. The Balaban J connectivity index is 2.01. The Labute approximate surface area is 116 Å². The third-order valence-electron chi connectivity index (χ3n) is 3.53. The smallest absolute Gasteiger partial charge is 0.224 e. The van der Waals surface area contributed by atoms with E-state index >= 15 is 0 Å². The first-order valence-corrected chi connectivity index (χ1v) is 7.49. The number of rotatable bonds is 5. The number of nitrogens with zero attached hydrogens (tertiary/aromatic N) is 3. The summed E-state index contributed by atoms with van der Waals surface area (Å²) in [6.45, 7) is 9.71. The van der Waals surface area contributed by atoms with Crippen molar-refractivity contribution >= 4 is 11.8 Å². The van der Waals surface area contributed by atoms with Crippen LogP contribution in [0.1, 0.15) is 45.2 Å². The van der Waals surface area contributed by atoms with Crippen molar-refractivity contribution in [3.8, 4) is 0 Å². The maximum atomic E-state index is 4.66. The highest BCUT2D eigenvalue weighted by atomic mass is 15.2. The van der Waals surface area contributed by atoms with E-state index < -0.39 is 0 Å². The SMILES string of the molecule is Cc1cc(N2CCCCC2)nc(NCCC(C)C)n1. The topological polar surface area (TPSA) is 41.1 Å². The molecule has 0 aliphatic carbocycles. The number of hydrogen-bond acceptors (Lipinski definition) is 4. The molecule has 1 fully saturated rings. The zero-order valence-electron chi connectivity index (χ0n) is 12.4. The lowest BCUT2D eigenvalue weighted by Gasteiger charge is -2.28. The van der Waals surface area contributed by atoms with Gasteiger partial charge >= 0.3 is 0 Å². The van der Waals surface area contributed by atoms with Gasteiger partial charge in [-0.05, 0) is 38.5 Å². The van der Waals surface area contributed by atoms with Crippen molar-refractivity contribution in [1.82, 2.24) is 9.97 Å². The largest absolute Gasteiger partial charge is 0.356 e. The van der Waals surface area contributed by atoms with E-state index in [1.807, 2.05) is 6.92 Å². The molecule has 4 nitrogen and oxygen atoms in total. The van der Waals surface area contributed by atoms with Gasteiger partial charge in [-0.1, -0.05) is 13.8 Å². The second-order valence-corrected chi connectivity index (χ2v) is 5.85. The Morgan fingerprint density at radius 1 is 1.21 bits per heavy atom. The van der Waals surface area contributed by atoms with Crippen LogP contribution in [0.3, 0.4) is 0 Å². The lowest BCUT2D eigenvalue weighted by molar-refractivity contribution is 0.572. The molecule has 1 aromatic rings. The fourth-order valence-electron chi connectivity index (χ4n) is 2.39. The van der Waals surface area contributed by atoms with Crippen LogP contribution in [0.2, 0.25) is 0 Å². The third-order valence-corrected chi connectivity index (χ3v) is 3.53. The van der Waals surface area contributed by atoms with Gasteiger partial charge in [0, 0.05) is 31.4 Å². The van der Waals surface area contributed by atoms with Crippen molar-refractivity contribution in [3.63, 3.8) is 0 Å². The molecule has 1 saturated heterocycles. The van der Waals surface area contributed by atoms with Gasteiger partial charge in [0.25, 0.3) is 0 Å². The minimum absolute atomic E-state index is 0.707. The number of anilines is 2. The first-order valence-electron chi connectivity index (χ1n) is 7.49. The molecule has 0 aromatic carbocycles. The molecule has 0 bridgehead atoms. The molecule has 0 saturated carbocycles. The van der Waals surface area contributed by atoms with Gasteiger partial charge in [0.2, 0.25) is 5.95 Å². The fraction of sp³-hybridized carbons (Fsp3) is 0.733. The standard InChI is InChI=1S/C15H26N4/c1-12(2)7-8-16-15-17-13(3)11-14(18-15)19-9-5-4-6-10-19/h11-12H,4-10H2,1-3H3,(H,16,17,18). The first-order chi connectivity index (χ1) is 9.15. The molecule has 106 valence electrons. The summed E-state index contributed by atoms with van der Waals surface area (Å²) in [6, 6.07) is 2.10. The molecule has 0 unspecified atom stereocenters. The average Bonchev–Trinajstić information content (AvgIpc) is 2.39. The van der Waals surface area contributed by atoms with E-state index in [4.69, 9.17) is 0 Å². The molecule has 1 aliphatic rings. The van der Waals surface area contributed by atoms with Crippen LogP contribution in [0.15, 0.2) is 6.07 Å². The number of aryl methyl sites for hydroxylation is 1. The summed E-state index contributed by atoms with van der Waals surface area (Å²) in [7, 11) is 0. The molecular formula is C15H26N4. The normalized spacial score (nSPS) is 15.9. The summed E-state index contributed by atoms with van der Waals surface area (Å²) >= 11 is 0. The summed E-state index contributed by atoms with van der Waals surface area (Å²) in [4.78, 5) is 11.5. The zero-order valence-corrected chi connectivity index (χ0v) is 12.4. The Hall–Kier alpha value is -1.32. The molecule has 1 aliphatic heterocycles. The summed E-state index contributed by atoms with van der Waals surface area (Å²) in [5.74, 6) is 2.57. The maximum Gasteiger partial charge on any atom is 0.224 e. The Bertz CT molecular complexity index is 397. The molecular weight excluding hydrogens is 236 g/mol. The Morgan fingerprint density at radius 3 is 2.63 bits per heavy atom. The van der Waals surface area contributed by atoms with Crippen molar-refractivity contribution in [2.45, 2.75) is 46.5 Å². The lowest BCUT2D eigenvalue weighted by atomic mass is 10.1. The highest BCUT2D eigenvalue weighted by molar-refractivity contribution is 5.45. The van der Waals surface area contributed by atoms with E-state index in [-0.39, 0.29) is 0 Å². The summed E-state index contributed by atoms with van der Waals surface area (Å²) < 4.78 is 0. The minimum Gasteiger partial charge on any atom is -0.356 e. The van der Waals surface area contributed by atoms with E-state index in [0.717, 1.165) is 43.5 Å². The van der Waals surface area contributed by atoms with E-state index in [1.54, 1.807) is 0 Å². The van der Waals surface area contributed by atoms with Crippen LogP contribution in [-0.4, -0.2) is 29.6 Å². The molecule has 2 rings (SSSR count). The summed E-state index contributed by atoms with van der Waals surface area (Å²) in [5.41, 5.74) is 1.04. The van der Waals surface area contributed by atoms with E-state index in [2.05, 4.69) is 40.1 Å². The van der Waals surface area contributed by atoms with E-state index in [9.17, 15) is 0 Å². The predicted octanol–water partition coefficient (Wildman–Crippen LogP) is 3.23. The first kappa shape index (κ1) is 14.1. The van der Waals surface area contributed by atoms with Crippen molar-refractivity contribution < 1.29 is 0 Å². The van der Waals surface area contributed by atoms with Crippen LogP contribution >= 0.6 is 0 Å². The highest BCUT2D eigenvalue weighted by Gasteiger charge is 2.13. The van der Waals surface area contributed by atoms with Crippen LogP contribution in [0.25, 0.3) is 0 Å². The monoisotopic (exact) mass is 262 g/mol. The van der Waals surface area contributed by atoms with Crippen LogP contribution in [0.4, 0.5) is 11.8 Å². The van der Waals surface area contributed by atoms with Gasteiger partial charge in [-0.2, -0.15) is 4.98 Å². The van der Waals surface area contributed by atoms with Gasteiger partial charge in [-0.3, -0.25) is 0 Å². The molecule has 0 spiro atoms. The van der Waals surface area contributed by atoms with Crippen molar-refractivity contribution in [2.24, 2.45) is 5.92 Å². The van der Waals surface area contributed by atoms with E-state index in [1.165, 1.54) is 19.3 Å². The van der Waals surface area contributed by atoms with Crippen LogP contribution in [0, 0.1) is 12.8 Å². The van der Waals surface area contributed by atoms with Gasteiger partial charge in [0.1, 0.15) is 5.82 Å². The molecule has 19 heavy (non-hydrogen) atoms. The molecule has 4 heteroatoms. The molecule has 0 atom stereocenters. The number of aromatic nitrogens is 2. The predicted molar refractivity (Wildman–Crippen MR) is 80.8 cm³/mol. The van der Waals surface area contributed by atoms with Crippen molar-refractivity contribution in [2.75, 3.05) is 29.9 Å². The van der Waals surface area contributed by atoms with Crippen molar-refractivity contribution in [1.29, 1.82) is 0 Å². The quantitative estimate of drug-likeness (QED) is 0.884. The highest BCUT2D eigenvalue weighted by Crippen LogP contribution is 2.19. The lowest BCUT2D eigenvalue weighted by Crippen LogP contribution is -2.30. The second-order valence-electron chi connectivity index (χ2n) is 5.85. The average molecular weight is 262 g/mol. The number of piperidine rings is 1. The third kappa shape index (κ3) is 4.37. The molecule has 1 N–H and O–H groups in total. The van der Waals surface area contributed by atoms with Gasteiger partial charge in [-0.25, -0.2) is 4.98 Å². The zero-order chi connectivity index (χ0) is 13.7. The molecule has 0 amide bonds. The fourth-order valence-corrected chi connectivity index (χ4v) is 2.39. The minimum atomic E-state index is 0.707. The number of hydrogen-bond donors (Lipinski definition) is 1. The Kier molecular flexibility index (Phi) is 5.00. The molecule has 0 radical (unpaired) electrons. The van der Waals surface area contributed by atoms with Gasteiger partial charge in [0.15, 0.2) is 0 Å². The molecule has 2 heterocycles. The van der Waals surface area contributed by atoms with Gasteiger partial charge in [0.05, 0.1) is 0 Å². The van der Waals surface area contributed by atoms with Crippen LogP contribution in [0.5, 0.6) is 0 Å². The number of nitrogens with one attached hydrogen (secondary N) is 1. The summed E-state index contributed by atoms with van der Waals surface area (Å²) in [5, 5.41) is 3.35. The van der Waals surface area contributed by atoms with Crippen LogP contribution < -0.4 is 10.2 Å². The van der Waals surface area contributed by atoms with Crippen molar-refractivity contribution in [3.05, 3.63) is 11.8 Å². The Morgan fingerprint density at radius 2 is 1.95 bits per heavy atom. The molecule has 1 aromatic heterocycles. The van der Waals surface area contributed by atoms with Gasteiger partial charge in [-0.15, -0.1) is 0 Å². The van der Waals surface area contributed by atoms with E-state index in [0.29, 0.717) is 5.92 Å². The van der Waals surface area contributed by atoms with Crippen LogP contribution in [-0.2, 0) is 0 Å².